The van der Waals surface area contributed by atoms with Crippen molar-refractivity contribution in [1.82, 2.24) is 5.32 Å². The minimum absolute atomic E-state index is 0. The predicted molar refractivity (Wildman–Crippen MR) is 69.0 cm³/mol. The lowest BCUT2D eigenvalue weighted by atomic mass is 10.0. The molecule has 1 saturated heterocycles. The number of hydrogen-bond donors (Lipinski definition) is 1. The van der Waals surface area contributed by atoms with Gasteiger partial charge in [-0.3, -0.25) is 4.79 Å². The van der Waals surface area contributed by atoms with Gasteiger partial charge in [0, 0.05) is 7.34 Å². The molecule has 0 aromatic heterocycles. The van der Waals surface area contributed by atoms with Gasteiger partial charge in [-0.2, -0.15) is 0 Å². The highest BCUT2D eigenvalue weighted by Gasteiger charge is 2.16. The summed E-state index contributed by atoms with van der Waals surface area (Å²) in [5.41, 5.74) is 0. The van der Waals surface area contributed by atoms with Crippen molar-refractivity contribution in [3.63, 3.8) is 0 Å². The van der Waals surface area contributed by atoms with Gasteiger partial charge in [0.05, 0.1) is 19.3 Å². The molecule has 102 valence electrons. The van der Waals surface area contributed by atoms with Crippen LogP contribution in [-0.4, -0.2) is 37.9 Å². The molecule has 1 aliphatic rings. The standard InChI is InChI=1S/C13H25NO3.H2/c1-10(2)13(15)11(3)14-7-5-4-6-12-16-8-9-17-12;/h10-12,14H,4-9H2,1-3H3;1H/t11-;/m0./s1. The highest BCUT2D eigenvalue weighted by molar-refractivity contribution is 5.85. The van der Waals surface area contributed by atoms with Crippen LogP contribution in [0.1, 0.15) is 41.5 Å². The first-order valence-electron chi connectivity index (χ1n) is 6.61. The predicted octanol–water partition coefficient (Wildman–Crippen LogP) is 1.98. The van der Waals surface area contributed by atoms with Crippen LogP contribution in [0.25, 0.3) is 0 Å². The maximum atomic E-state index is 11.6. The molecule has 1 heterocycles. The molecule has 0 aliphatic carbocycles. The molecule has 1 atom stereocenters. The minimum Gasteiger partial charge on any atom is -0.350 e. The number of carbonyl (C=O) groups excluding carboxylic acids is 1. The zero-order valence-electron chi connectivity index (χ0n) is 11.2. The lowest BCUT2D eigenvalue weighted by Crippen LogP contribution is -2.37. The molecule has 1 fully saturated rings. The Morgan fingerprint density at radius 3 is 2.53 bits per heavy atom. The Labute approximate surface area is 106 Å². The van der Waals surface area contributed by atoms with Gasteiger partial charge in [0.15, 0.2) is 12.1 Å². The number of nitrogens with one attached hydrogen (secondary N) is 1. The summed E-state index contributed by atoms with van der Waals surface area (Å²) in [5, 5.41) is 3.26. The molecule has 0 spiro atoms. The molecular weight excluding hydrogens is 218 g/mol. The van der Waals surface area contributed by atoms with Crippen molar-refractivity contribution < 1.29 is 15.7 Å². The molecule has 4 heteroatoms. The number of ether oxygens (including phenoxy) is 2. The van der Waals surface area contributed by atoms with E-state index in [0.29, 0.717) is 0 Å². The van der Waals surface area contributed by atoms with Gasteiger partial charge < -0.3 is 14.8 Å². The van der Waals surface area contributed by atoms with Crippen LogP contribution in [0.15, 0.2) is 0 Å². The average Bonchev–Trinajstić information content (AvgIpc) is 2.80. The Balaban J connectivity index is 0.00000289. The fraction of sp³-hybridized carbons (Fsp3) is 0.923. The van der Waals surface area contributed by atoms with Crippen molar-refractivity contribution in [1.29, 1.82) is 0 Å². The Hall–Kier alpha value is -0.450. The summed E-state index contributed by atoms with van der Waals surface area (Å²) < 4.78 is 10.7. The lowest BCUT2D eigenvalue weighted by molar-refractivity contribution is -0.123. The van der Waals surface area contributed by atoms with Crippen molar-refractivity contribution in [2.24, 2.45) is 5.92 Å². The van der Waals surface area contributed by atoms with E-state index in [9.17, 15) is 4.79 Å². The van der Waals surface area contributed by atoms with E-state index in [1.807, 2.05) is 20.8 Å². The lowest BCUT2D eigenvalue weighted by Gasteiger charge is -2.15. The molecular formula is C13H27NO3. The molecule has 4 nitrogen and oxygen atoms in total. The fourth-order valence-electron chi connectivity index (χ4n) is 1.93. The van der Waals surface area contributed by atoms with E-state index in [0.717, 1.165) is 39.0 Å². The fourth-order valence-corrected chi connectivity index (χ4v) is 1.93. The first kappa shape index (κ1) is 14.6. The van der Waals surface area contributed by atoms with E-state index in [-0.39, 0.29) is 25.5 Å². The molecule has 0 aromatic rings. The quantitative estimate of drug-likeness (QED) is 0.664. The highest BCUT2D eigenvalue weighted by Crippen LogP contribution is 2.11. The third kappa shape index (κ3) is 5.61. The van der Waals surface area contributed by atoms with Crippen molar-refractivity contribution >= 4 is 5.78 Å². The monoisotopic (exact) mass is 245 g/mol. The van der Waals surface area contributed by atoms with E-state index in [1.54, 1.807) is 0 Å². The van der Waals surface area contributed by atoms with Crippen LogP contribution in [0.2, 0.25) is 0 Å². The zero-order valence-corrected chi connectivity index (χ0v) is 11.2. The van der Waals surface area contributed by atoms with Gasteiger partial charge in [0.2, 0.25) is 0 Å². The number of carbonyl (C=O) groups is 1. The maximum Gasteiger partial charge on any atom is 0.157 e. The summed E-state index contributed by atoms with van der Waals surface area (Å²) in [6, 6.07) is -0.0334. The van der Waals surface area contributed by atoms with Crippen LogP contribution in [-0.2, 0) is 14.3 Å². The Kier molecular flexibility index (Phi) is 6.70. The third-order valence-electron chi connectivity index (χ3n) is 3.00. The van der Waals surface area contributed by atoms with Crippen LogP contribution < -0.4 is 5.32 Å². The van der Waals surface area contributed by atoms with Gasteiger partial charge in [-0.05, 0) is 32.7 Å². The van der Waals surface area contributed by atoms with Gasteiger partial charge in [0.1, 0.15) is 0 Å². The summed E-state index contributed by atoms with van der Waals surface area (Å²) in [6.45, 7) is 8.15. The second-order valence-corrected chi connectivity index (χ2v) is 4.90. The molecule has 0 unspecified atom stereocenters. The summed E-state index contributed by atoms with van der Waals surface area (Å²) in [6.07, 6.45) is 3.08. The second-order valence-electron chi connectivity index (χ2n) is 4.90. The largest absolute Gasteiger partial charge is 0.350 e. The van der Waals surface area contributed by atoms with Gasteiger partial charge in [-0.25, -0.2) is 0 Å². The molecule has 0 bridgehead atoms. The zero-order chi connectivity index (χ0) is 12.7. The second kappa shape index (κ2) is 7.80. The van der Waals surface area contributed by atoms with Crippen molar-refractivity contribution in [3.8, 4) is 0 Å². The average molecular weight is 245 g/mol. The minimum atomic E-state index is -0.0334. The summed E-state index contributed by atoms with van der Waals surface area (Å²) >= 11 is 0. The van der Waals surface area contributed by atoms with Crippen LogP contribution in [0, 0.1) is 5.92 Å². The number of rotatable bonds is 8. The highest BCUT2D eigenvalue weighted by atomic mass is 16.7. The summed E-state index contributed by atoms with van der Waals surface area (Å²) in [4.78, 5) is 11.6. The number of ketones is 1. The van der Waals surface area contributed by atoms with E-state index in [1.165, 1.54) is 0 Å². The molecule has 17 heavy (non-hydrogen) atoms. The van der Waals surface area contributed by atoms with E-state index in [2.05, 4.69) is 5.32 Å². The molecule has 0 saturated carbocycles. The molecule has 1 rings (SSSR count). The molecule has 1 aliphatic heterocycles. The van der Waals surface area contributed by atoms with Crippen LogP contribution in [0.4, 0.5) is 0 Å². The normalized spacial score (nSPS) is 18.8. The topological polar surface area (TPSA) is 47.6 Å². The van der Waals surface area contributed by atoms with E-state index >= 15 is 0 Å². The van der Waals surface area contributed by atoms with Gasteiger partial charge in [0.25, 0.3) is 0 Å². The first-order chi connectivity index (χ1) is 8.11. The van der Waals surface area contributed by atoms with Gasteiger partial charge >= 0.3 is 0 Å². The van der Waals surface area contributed by atoms with Crippen molar-refractivity contribution in [3.05, 3.63) is 0 Å². The summed E-state index contributed by atoms with van der Waals surface area (Å²) in [5.74, 6) is 0.394. The molecule has 0 radical (unpaired) electrons. The number of unbranched alkanes of at least 4 members (excludes halogenated alkanes) is 1. The SMILES string of the molecule is CC(C)C(=O)[C@H](C)NCCCCC1OCCO1.[HH]. The number of hydrogen-bond acceptors (Lipinski definition) is 4. The van der Waals surface area contributed by atoms with Gasteiger partial charge in [-0.15, -0.1) is 0 Å². The number of Topliss-reactive ketones (excluding diaryl/α,β-unsaturated/α-hetero) is 1. The smallest absolute Gasteiger partial charge is 0.157 e. The Morgan fingerprint density at radius 2 is 1.94 bits per heavy atom. The summed E-state index contributed by atoms with van der Waals surface area (Å²) in [7, 11) is 0. The first-order valence-corrected chi connectivity index (χ1v) is 6.61. The molecule has 1 N–H and O–H groups in total. The molecule has 0 amide bonds. The van der Waals surface area contributed by atoms with Crippen molar-refractivity contribution in [2.45, 2.75) is 52.4 Å². The van der Waals surface area contributed by atoms with Crippen LogP contribution in [0.3, 0.4) is 0 Å². The Morgan fingerprint density at radius 1 is 1.29 bits per heavy atom. The van der Waals surface area contributed by atoms with E-state index < -0.39 is 0 Å². The maximum absolute atomic E-state index is 11.6. The van der Waals surface area contributed by atoms with E-state index in [4.69, 9.17) is 9.47 Å². The molecule has 0 aromatic carbocycles. The van der Waals surface area contributed by atoms with Crippen molar-refractivity contribution in [2.75, 3.05) is 19.8 Å². The third-order valence-corrected chi connectivity index (χ3v) is 3.00. The van der Waals surface area contributed by atoms with Crippen LogP contribution >= 0.6 is 0 Å². The Bertz CT molecular complexity index is 230. The van der Waals surface area contributed by atoms with Gasteiger partial charge in [-0.1, -0.05) is 13.8 Å². The van der Waals surface area contributed by atoms with Crippen LogP contribution in [0.5, 0.6) is 0 Å².